The van der Waals surface area contributed by atoms with E-state index in [1.807, 2.05) is 5.57 Å². The summed E-state index contributed by atoms with van der Waals surface area (Å²) in [6.45, 7) is 5.13. The smallest absolute Gasteiger partial charge is 0.0362 e. The van der Waals surface area contributed by atoms with Crippen molar-refractivity contribution < 1.29 is 0 Å². The molecule has 4 fully saturated rings. The molecule has 0 bridgehead atoms. The Morgan fingerprint density at radius 2 is 1.73 bits per heavy atom. The summed E-state index contributed by atoms with van der Waals surface area (Å²) >= 11 is 0. The number of hydrogen-bond acceptors (Lipinski definition) is 2. The van der Waals surface area contributed by atoms with Crippen LogP contribution in [-0.2, 0) is 0 Å². The maximum absolute atomic E-state index is 6.91. The molecule has 9 unspecified atom stereocenters. The Morgan fingerprint density at radius 1 is 0.818 bits per heavy atom. The van der Waals surface area contributed by atoms with Crippen molar-refractivity contribution in [1.82, 2.24) is 4.90 Å². The lowest BCUT2D eigenvalue weighted by Crippen LogP contribution is -2.39. The standard InChI is InChI=1S/C42H58N2/c1-41-23-22-37(42(41,2)26-41)36-25-27(16-20-38(36)43)30-18-19-31(33-13-7-6-12-32(30)33)28-17-21-40-35(24-28)34-14-8-9-15-39(34)44(40)29-10-4-3-5-11-29/h4,6,10-12,18,24-25,27,31-35,37-40H,3,5,7-9,13-17,19-23,26,43H2,1-2H3/t27?,31?,32?,33?,34?,35?,37?,38-,39?,40?,41+,42+/m0/s1. The average molecular weight is 591 g/mol. The predicted molar refractivity (Wildman–Crippen MR) is 183 cm³/mol. The van der Waals surface area contributed by atoms with Gasteiger partial charge in [0.1, 0.15) is 0 Å². The van der Waals surface area contributed by atoms with E-state index >= 15 is 0 Å². The van der Waals surface area contributed by atoms with Gasteiger partial charge in [0.05, 0.1) is 0 Å². The minimum Gasteiger partial charge on any atom is -0.365 e. The fourth-order valence-corrected chi connectivity index (χ4v) is 13.0. The second kappa shape index (κ2) is 10.6. The van der Waals surface area contributed by atoms with Crippen LogP contribution in [0.15, 0.2) is 71.0 Å². The molecule has 0 spiro atoms. The van der Waals surface area contributed by atoms with Crippen LogP contribution in [0.3, 0.4) is 0 Å². The molecule has 8 aliphatic carbocycles. The molecule has 0 aromatic rings. The topological polar surface area (TPSA) is 29.3 Å². The van der Waals surface area contributed by atoms with Gasteiger partial charge in [-0.1, -0.05) is 85.9 Å². The quantitative estimate of drug-likeness (QED) is 0.330. The molecule has 2 heteroatoms. The van der Waals surface area contributed by atoms with Crippen LogP contribution >= 0.6 is 0 Å². The van der Waals surface area contributed by atoms with Crippen molar-refractivity contribution in [2.45, 2.75) is 135 Å². The van der Waals surface area contributed by atoms with E-state index in [1.165, 1.54) is 103 Å². The van der Waals surface area contributed by atoms with Crippen molar-refractivity contribution in [2.75, 3.05) is 0 Å². The summed E-state index contributed by atoms with van der Waals surface area (Å²) in [5.41, 5.74) is 14.9. The van der Waals surface area contributed by atoms with E-state index < -0.39 is 0 Å². The highest BCUT2D eigenvalue weighted by atomic mass is 15.2. The first-order valence-electron chi connectivity index (χ1n) is 19.1. The molecule has 1 heterocycles. The molecule has 1 saturated heterocycles. The van der Waals surface area contributed by atoms with E-state index in [4.69, 9.17) is 5.73 Å². The van der Waals surface area contributed by atoms with Crippen molar-refractivity contribution in [2.24, 2.45) is 58.0 Å². The van der Waals surface area contributed by atoms with E-state index in [-0.39, 0.29) is 0 Å². The van der Waals surface area contributed by atoms with Gasteiger partial charge < -0.3 is 10.6 Å². The Kier molecular flexibility index (Phi) is 6.86. The van der Waals surface area contributed by atoms with E-state index in [0.717, 1.165) is 41.7 Å². The first kappa shape index (κ1) is 28.4. The van der Waals surface area contributed by atoms with Crippen LogP contribution in [0.25, 0.3) is 0 Å². The SMILES string of the molecule is C[C@]12CCC(C3=CC(C4=CCC(C5=CC6C7CCCCC7N(C7=CCCC=C7)C6CC5)C5CCC=CC45)CC[C@@H]3N)[C@@]1(C)C2. The lowest BCUT2D eigenvalue weighted by Gasteiger charge is -2.45. The molecule has 236 valence electrons. The maximum Gasteiger partial charge on any atom is 0.0362 e. The van der Waals surface area contributed by atoms with Crippen molar-refractivity contribution in [3.63, 3.8) is 0 Å². The molecule has 2 nitrogen and oxygen atoms in total. The summed E-state index contributed by atoms with van der Waals surface area (Å²) in [6.07, 6.45) is 42.6. The molecule has 9 rings (SSSR count). The molecule has 0 aromatic heterocycles. The van der Waals surface area contributed by atoms with Gasteiger partial charge in [0.25, 0.3) is 0 Å². The normalized spacial score (nSPS) is 49.2. The van der Waals surface area contributed by atoms with Crippen LogP contribution < -0.4 is 5.73 Å². The van der Waals surface area contributed by atoms with Gasteiger partial charge in [-0.05, 0) is 136 Å². The first-order chi connectivity index (χ1) is 21.5. The van der Waals surface area contributed by atoms with Gasteiger partial charge >= 0.3 is 0 Å². The lowest BCUT2D eigenvalue weighted by atomic mass is 9.60. The van der Waals surface area contributed by atoms with Crippen LogP contribution in [0.2, 0.25) is 0 Å². The van der Waals surface area contributed by atoms with Crippen molar-refractivity contribution >= 4 is 0 Å². The third kappa shape index (κ3) is 4.28. The highest BCUT2D eigenvalue weighted by Crippen LogP contribution is 2.77. The molecular formula is C42H58N2. The van der Waals surface area contributed by atoms with E-state index in [9.17, 15) is 0 Å². The third-order valence-electron chi connectivity index (χ3n) is 15.5. The molecule has 0 amide bonds. The molecule has 0 aromatic carbocycles. The summed E-state index contributed by atoms with van der Waals surface area (Å²) in [4.78, 5) is 2.95. The zero-order valence-corrected chi connectivity index (χ0v) is 27.7. The molecule has 9 aliphatic rings. The number of fused-ring (bicyclic) bond motifs is 5. The molecular weight excluding hydrogens is 532 g/mol. The van der Waals surface area contributed by atoms with Gasteiger partial charge in [-0.25, -0.2) is 0 Å². The first-order valence-corrected chi connectivity index (χ1v) is 19.1. The van der Waals surface area contributed by atoms with Crippen LogP contribution in [0, 0.1) is 52.3 Å². The highest BCUT2D eigenvalue weighted by Gasteiger charge is 2.68. The van der Waals surface area contributed by atoms with Crippen molar-refractivity contribution in [1.29, 1.82) is 0 Å². The van der Waals surface area contributed by atoms with Gasteiger partial charge in [-0.15, -0.1) is 0 Å². The summed E-state index contributed by atoms with van der Waals surface area (Å²) in [5, 5.41) is 0. The van der Waals surface area contributed by atoms with Crippen molar-refractivity contribution in [3.8, 4) is 0 Å². The second-order valence-electron chi connectivity index (χ2n) is 17.4. The van der Waals surface area contributed by atoms with Crippen LogP contribution in [0.4, 0.5) is 0 Å². The van der Waals surface area contributed by atoms with Crippen LogP contribution in [-0.4, -0.2) is 23.0 Å². The third-order valence-corrected chi connectivity index (χ3v) is 15.5. The molecule has 3 saturated carbocycles. The van der Waals surface area contributed by atoms with E-state index in [2.05, 4.69) is 67.4 Å². The number of nitrogens with two attached hydrogens (primary N) is 1. The van der Waals surface area contributed by atoms with Gasteiger partial charge in [-0.2, -0.15) is 0 Å². The molecule has 1 aliphatic heterocycles. The average Bonchev–Trinajstić information content (AvgIpc) is 3.32. The van der Waals surface area contributed by atoms with Gasteiger partial charge in [0.15, 0.2) is 0 Å². The molecule has 12 atom stereocenters. The Labute approximate surface area is 268 Å². The van der Waals surface area contributed by atoms with Gasteiger partial charge in [0, 0.05) is 35.7 Å². The summed E-state index contributed by atoms with van der Waals surface area (Å²) in [6, 6.07) is 1.81. The fraction of sp³-hybridized carbons (Fsp3) is 0.714. The Balaban J connectivity index is 1.00. The number of rotatable bonds is 4. The predicted octanol–water partition coefficient (Wildman–Crippen LogP) is 9.82. The molecule has 0 radical (unpaired) electrons. The monoisotopic (exact) mass is 590 g/mol. The zero-order valence-electron chi connectivity index (χ0n) is 27.7. The fourth-order valence-electron chi connectivity index (χ4n) is 13.0. The van der Waals surface area contributed by atoms with E-state index in [1.54, 1.807) is 16.8 Å². The second-order valence-corrected chi connectivity index (χ2v) is 17.4. The summed E-state index contributed by atoms with van der Waals surface area (Å²) < 4.78 is 0. The van der Waals surface area contributed by atoms with Gasteiger partial charge in [-0.3, -0.25) is 0 Å². The van der Waals surface area contributed by atoms with Crippen molar-refractivity contribution in [3.05, 3.63) is 71.0 Å². The Morgan fingerprint density at radius 3 is 2.55 bits per heavy atom. The molecule has 2 N–H and O–H groups in total. The number of allylic oxidation sites excluding steroid dienone is 9. The lowest BCUT2D eigenvalue weighted by molar-refractivity contribution is 0.192. The zero-order chi connectivity index (χ0) is 29.6. The van der Waals surface area contributed by atoms with Gasteiger partial charge in [0.2, 0.25) is 0 Å². The number of nitrogens with zero attached hydrogens (tertiary/aromatic N) is 1. The molecule has 44 heavy (non-hydrogen) atoms. The largest absolute Gasteiger partial charge is 0.365 e. The Bertz CT molecular complexity index is 1350. The number of likely N-dealkylation sites (tertiary alicyclic amines) is 1. The minimum atomic E-state index is 0.292. The van der Waals surface area contributed by atoms with Crippen LogP contribution in [0.1, 0.15) is 117 Å². The minimum absolute atomic E-state index is 0.292. The summed E-state index contributed by atoms with van der Waals surface area (Å²) in [7, 11) is 0. The maximum atomic E-state index is 6.91. The number of hydrogen-bond donors (Lipinski definition) is 1. The van der Waals surface area contributed by atoms with E-state index in [0.29, 0.717) is 28.7 Å². The Hall–Kier alpha value is -1.80. The summed E-state index contributed by atoms with van der Waals surface area (Å²) in [5.74, 6) is 5.19. The van der Waals surface area contributed by atoms with Crippen LogP contribution in [0.5, 0.6) is 0 Å². The highest BCUT2D eigenvalue weighted by molar-refractivity contribution is 5.37.